The van der Waals surface area contributed by atoms with Gasteiger partial charge >= 0.3 is 0 Å². The molecule has 1 aromatic heterocycles. The van der Waals surface area contributed by atoms with Crippen molar-refractivity contribution < 1.29 is 9.53 Å². The summed E-state index contributed by atoms with van der Waals surface area (Å²) in [6.07, 6.45) is 5.17. The summed E-state index contributed by atoms with van der Waals surface area (Å²) in [4.78, 5) is 16.2. The average Bonchev–Trinajstić information content (AvgIpc) is 2.36. The van der Waals surface area contributed by atoms with Crippen LogP contribution in [0.25, 0.3) is 0 Å². The van der Waals surface area contributed by atoms with Crippen molar-refractivity contribution in [2.75, 3.05) is 6.61 Å². The summed E-state index contributed by atoms with van der Waals surface area (Å²) in [5.74, 6) is 0.390. The molecule has 1 saturated heterocycles. The number of pyridine rings is 1. The second-order valence-corrected chi connectivity index (χ2v) is 5.72. The lowest BCUT2D eigenvalue weighted by molar-refractivity contribution is -0.100. The van der Waals surface area contributed by atoms with E-state index < -0.39 is 0 Å². The summed E-state index contributed by atoms with van der Waals surface area (Å²) < 4.78 is 6.38. The summed E-state index contributed by atoms with van der Waals surface area (Å²) in [6.45, 7) is 0.869. The maximum atomic E-state index is 12.1. The molecule has 1 aromatic rings. The van der Waals surface area contributed by atoms with Gasteiger partial charge in [0.05, 0.1) is 6.10 Å². The second-order valence-electron chi connectivity index (χ2n) is 4.86. The predicted octanol–water partition coefficient (Wildman–Crippen LogP) is 2.14. The van der Waals surface area contributed by atoms with Gasteiger partial charge in [-0.1, -0.05) is 0 Å². The van der Waals surface area contributed by atoms with E-state index in [4.69, 9.17) is 4.74 Å². The molecule has 18 heavy (non-hydrogen) atoms. The Balaban J connectivity index is 1.64. The molecule has 96 valence electrons. The topological polar surface area (TPSA) is 51.2 Å². The van der Waals surface area contributed by atoms with Crippen LogP contribution in [0.15, 0.2) is 22.8 Å². The van der Waals surface area contributed by atoms with E-state index in [1.54, 1.807) is 12.3 Å². The van der Waals surface area contributed by atoms with Crippen LogP contribution in [0.3, 0.4) is 0 Å². The van der Waals surface area contributed by atoms with Gasteiger partial charge in [-0.05, 0) is 47.3 Å². The standard InChI is InChI=1S/C13H15BrN2O2/c14-9-4-1-5-15-12(9)13(17)16-10-7-11-8(10)3-2-6-18-11/h1,4-5,8,10-11H,2-3,6-7H2,(H,16,17)/t8-,10-,11+/m1/s1. The fourth-order valence-corrected chi connectivity index (χ4v) is 3.19. The van der Waals surface area contributed by atoms with Crippen LogP contribution >= 0.6 is 15.9 Å². The number of rotatable bonds is 2. The number of hydrogen-bond acceptors (Lipinski definition) is 3. The highest BCUT2D eigenvalue weighted by atomic mass is 79.9. The van der Waals surface area contributed by atoms with Crippen molar-refractivity contribution in [2.45, 2.75) is 31.4 Å². The van der Waals surface area contributed by atoms with Crippen molar-refractivity contribution in [3.63, 3.8) is 0 Å². The highest BCUT2D eigenvalue weighted by Gasteiger charge is 2.44. The summed E-state index contributed by atoms with van der Waals surface area (Å²) in [5, 5.41) is 3.06. The molecular weight excluding hydrogens is 296 g/mol. The molecule has 2 fully saturated rings. The molecule has 1 aliphatic carbocycles. The van der Waals surface area contributed by atoms with Crippen LogP contribution in [0, 0.1) is 5.92 Å². The smallest absolute Gasteiger partial charge is 0.271 e. The van der Waals surface area contributed by atoms with Gasteiger partial charge in [-0.25, -0.2) is 4.98 Å². The first-order valence-corrected chi connectivity index (χ1v) is 7.08. The molecule has 0 aromatic carbocycles. The number of hydrogen-bond donors (Lipinski definition) is 1. The highest BCUT2D eigenvalue weighted by molar-refractivity contribution is 9.10. The Hall–Kier alpha value is -0.940. The summed E-state index contributed by atoms with van der Waals surface area (Å²) >= 11 is 3.35. The van der Waals surface area contributed by atoms with Crippen molar-refractivity contribution >= 4 is 21.8 Å². The van der Waals surface area contributed by atoms with E-state index >= 15 is 0 Å². The van der Waals surface area contributed by atoms with Crippen LogP contribution < -0.4 is 5.32 Å². The van der Waals surface area contributed by atoms with Crippen LogP contribution in [0.2, 0.25) is 0 Å². The molecule has 1 amide bonds. The third kappa shape index (κ3) is 2.17. The number of carbonyl (C=O) groups is 1. The van der Waals surface area contributed by atoms with Gasteiger partial charge in [-0.2, -0.15) is 0 Å². The number of amides is 1. The lowest BCUT2D eigenvalue weighted by Crippen LogP contribution is -2.57. The van der Waals surface area contributed by atoms with Gasteiger partial charge in [-0.3, -0.25) is 4.79 Å². The highest BCUT2D eigenvalue weighted by Crippen LogP contribution is 2.37. The van der Waals surface area contributed by atoms with Crippen LogP contribution in [-0.4, -0.2) is 29.6 Å². The minimum absolute atomic E-state index is 0.100. The molecule has 2 heterocycles. The third-order valence-corrected chi connectivity index (χ3v) is 4.42. The molecule has 2 aliphatic rings. The van der Waals surface area contributed by atoms with Crippen LogP contribution in [-0.2, 0) is 4.74 Å². The summed E-state index contributed by atoms with van der Waals surface area (Å²) in [7, 11) is 0. The largest absolute Gasteiger partial charge is 0.378 e. The van der Waals surface area contributed by atoms with Crippen LogP contribution in [0.5, 0.6) is 0 Å². The van der Waals surface area contributed by atoms with Gasteiger partial charge < -0.3 is 10.1 Å². The van der Waals surface area contributed by atoms with Gasteiger partial charge in [-0.15, -0.1) is 0 Å². The molecule has 1 saturated carbocycles. The molecule has 0 bridgehead atoms. The Labute approximate surface area is 114 Å². The first kappa shape index (κ1) is 12.1. The van der Waals surface area contributed by atoms with E-state index in [9.17, 15) is 4.79 Å². The molecular formula is C13H15BrN2O2. The molecule has 5 heteroatoms. The zero-order valence-electron chi connectivity index (χ0n) is 9.93. The fourth-order valence-electron chi connectivity index (χ4n) is 2.75. The van der Waals surface area contributed by atoms with Gasteiger partial charge in [0.1, 0.15) is 5.69 Å². The number of aromatic nitrogens is 1. The minimum Gasteiger partial charge on any atom is -0.378 e. The van der Waals surface area contributed by atoms with Crippen molar-refractivity contribution in [1.29, 1.82) is 0 Å². The number of carbonyl (C=O) groups excluding carboxylic acids is 1. The lowest BCUT2D eigenvalue weighted by atomic mass is 9.72. The van der Waals surface area contributed by atoms with Gasteiger partial charge in [0.25, 0.3) is 5.91 Å². The molecule has 4 nitrogen and oxygen atoms in total. The molecule has 0 unspecified atom stereocenters. The monoisotopic (exact) mass is 310 g/mol. The van der Waals surface area contributed by atoms with E-state index in [0.29, 0.717) is 17.7 Å². The summed E-state index contributed by atoms with van der Waals surface area (Å²) in [5.41, 5.74) is 0.456. The molecule has 1 aliphatic heterocycles. The number of halogens is 1. The molecule has 3 rings (SSSR count). The molecule has 1 N–H and O–H groups in total. The zero-order chi connectivity index (χ0) is 12.5. The molecule has 0 radical (unpaired) electrons. The van der Waals surface area contributed by atoms with Crippen molar-refractivity contribution in [3.05, 3.63) is 28.5 Å². The van der Waals surface area contributed by atoms with Crippen molar-refractivity contribution in [3.8, 4) is 0 Å². The molecule has 3 atom stereocenters. The Morgan fingerprint density at radius 3 is 3.22 bits per heavy atom. The van der Waals surface area contributed by atoms with E-state index in [2.05, 4.69) is 26.2 Å². The van der Waals surface area contributed by atoms with Crippen molar-refractivity contribution in [2.24, 2.45) is 5.92 Å². The Bertz CT molecular complexity index is 466. The van der Waals surface area contributed by atoms with Gasteiger partial charge in [0, 0.05) is 29.2 Å². The Morgan fingerprint density at radius 1 is 1.56 bits per heavy atom. The maximum Gasteiger partial charge on any atom is 0.271 e. The Morgan fingerprint density at radius 2 is 2.44 bits per heavy atom. The van der Waals surface area contributed by atoms with Gasteiger partial charge in [0.2, 0.25) is 0 Å². The lowest BCUT2D eigenvalue weighted by Gasteiger charge is -2.47. The number of fused-ring (bicyclic) bond motifs is 1. The fraction of sp³-hybridized carbons (Fsp3) is 0.538. The van der Waals surface area contributed by atoms with Crippen LogP contribution in [0.1, 0.15) is 29.8 Å². The van der Waals surface area contributed by atoms with Gasteiger partial charge in [0.15, 0.2) is 0 Å². The van der Waals surface area contributed by atoms with Crippen LogP contribution in [0.4, 0.5) is 0 Å². The average molecular weight is 311 g/mol. The van der Waals surface area contributed by atoms with E-state index in [1.807, 2.05) is 6.07 Å². The first-order valence-electron chi connectivity index (χ1n) is 6.28. The normalized spacial score (nSPS) is 30.2. The number of nitrogens with zero attached hydrogens (tertiary/aromatic N) is 1. The number of nitrogens with one attached hydrogen (secondary N) is 1. The first-order chi connectivity index (χ1) is 8.75. The predicted molar refractivity (Wildman–Crippen MR) is 70.3 cm³/mol. The maximum absolute atomic E-state index is 12.1. The Kier molecular flexibility index (Phi) is 3.35. The minimum atomic E-state index is -0.100. The molecule has 0 spiro atoms. The van der Waals surface area contributed by atoms with E-state index in [1.165, 1.54) is 0 Å². The SMILES string of the molecule is O=C(N[C@@H]1C[C@@H]2OCCC[C@@H]21)c1ncccc1Br. The van der Waals surface area contributed by atoms with E-state index in [-0.39, 0.29) is 11.9 Å². The zero-order valence-corrected chi connectivity index (χ0v) is 11.5. The number of ether oxygens (including phenoxy) is 1. The third-order valence-electron chi connectivity index (χ3n) is 3.78. The second kappa shape index (κ2) is 4.97. The quantitative estimate of drug-likeness (QED) is 0.910. The van der Waals surface area contributed by atoms with Crippen molar-refractivity contribution in [1.82, 2.24) is 10.3 Å². The summed E-state index contributed by atoms with van der Waals surface area (Å²) in [6, 6.07) is 3.88. The van der Waals surface area contributed by atoms with E-state index in [0.717, 1.165) is 30.3 Å².